The fourth-order valence-corrected chi connectivity index (χ4v) is 2.92. The molecule has 0 aromatic heterocycles. The van der Waals surface area contributed by atoms with Gasteiger partial charge in [-0.2, -0.15) is 0 Å². The third-order valence-corrected chi connectivity index (χ3v) is 3.54. The number of hydrogen-bond acceptors (Lipinski definition) is 3. The summed E-state index contributed by atoms with van der Waals surface area (Å²) in [5, 5.41) is 0. The minimum absolute atomic E-state index is 0.00120. The zero-order chi connectivity index (χ0) is 9.42. The molecular formula is C10H17NO2. The highest BCUT2D eigenvalue weighted by molar-refractivity contribution is 5.74. The van der Waals surface area contributed by atoms with Crippen molar-refractivity contribution >= 4 is 5.97 Å². The Kier molecular flexibility index (Phi) is 2.28. The largest absolute Gasteiger partial charge is 0.466 e. The Morgan fingerprint density at radius 2 is 2.15 bits per heavy atom. The number of nitrogens with two attached hydrogens (primary N) is 1. The third-order valence-electron chi connectivity index (χ3n) is 3.54. The Balaban J connectivity index is 2.03. The van der Waals surface area contributed by atoms with Crippen LogP contribution in [0.4, 0.5) is 0 Å². The molecular weight excluding hydrogens is 166 g/mol. The predicted octanol–water partition coefficient (Wildman–Crippen LogP) is 0.923. The van der Waals surface area contributed by atoms with Crippen LogP contribution in [-0.4, -0.2) is 18.6 Å². The Morgan fingerprint density at radius 1 is 1.46 bits per heavy atom. The molecule has 13 heavy (non-hydrogen) atoms. The summed E-state index contributed by atoms with van der Waals surface area (Å²) in [6.45, 7) is 2.32. The number of fused-ring (bicyclic) bond motifs is 2. The van der Waals surface area contributed by atoms with Gasteiger partial charge < -0.3 is 10.5 Å². The SMILES string of the molecule is CCOC(=O)[C@H]1C2CCC(C2)[C@H]1N. The van der Waals surface area contributed by atoms with Crippen LogP contribution in [0.2, 0.25) is 0 Å². The average molecular weight is 183 g/mol. The summed E-state index contributed by atoms with van der Waals surface area (Å²) in [6, 6.07) is 0.0674. The smallest absolute Gasteiger partial charge is 0.310 e. The van der Waals surface area contributed by atoms with E-state index in [2.05, 4.69) is 0 Å². The van der Waals surface area contributed by atoms with Crippen molar-refractivity contribution in [1.29, 1.82) is 0 Å². The summed E-state index contributed by atoms with van der Waals surface area (Å²) in [7, 11) is 0. The molecule has 0 amide bonds. The van der Waals surface area contributed by atoms with Crippen molar-refractivity contribution in [2.24, 2.45) is 23.5 Å². The molecule has 3 nitrogen and oxygen atoms in total. The summed E-state index contributed by atoms with van der Waals surface area (Å²) in [4.78, 5) is 11.5. The molecule has 2 aliphatic carbocycles. The second kappa shape index (κ2) is 3.29. The van der Waals surface area contributed by atoms with Crippen LogP contribution in [0.1, 0.15) is 26.2 Å². The monoisotopic (exact) mass is 183 g/mol. The summed E-state index contributed by atoms with van der Waals surface area (Å²) in [5.74, 6) is 1.03. The molecule has 2 unspecified atom stereocenters. The summed E-state index contributed by atoms with van der Waals surface area (Å²) < 4.78 is 5.03. The van der Waals surface area contributed by atoms with Crippen molar-refractivity contribution in [3.8, 4) is 0 Å². The number of carbonyl (C=O) groups excluding carboxylic acids is 1. The second-order valence-electron chi connectivity index (χ2n) is 4.19. The van der Waals surface area contributed by atoms with Crippen LogP contribution in [0.3, 0.4) is 0 Å². The fourth-order valence-electron chi connectivity index (χ4n) is 2.92. The van der Waals surface area contributed by atoms with Gasteiger partial charge in [-0.15, -0.1) is 0 Å². The van der Waals surface area contributed by atoms with Gasteiger partial charge in [0.2, 0.25) is 0 Å². The average Bonchev–Trinajstić information content (AvgIpc) is 2.63. The van der Waals surface area contributed by atoms with Crippen molar-refractivity contribution in [2.75, 3.05) is 6.61 Å². The van der Waals surface area contributed by atoms with E-state index in [4.69, 9.17) is 10.5 Å². The van der Waals surface area contributed by atoms with Crippen molar-refractivity contribution in [1.82, 2.24) is 0 Å². The first-order valence-corrected chi connectivity index (χ1v) is 5.16. The zero-order valence-electron chi connectivity index (χ0n) is 8.03. The van der Waals surface area contributed by atoms with E-state index >= 15 is 0 Å². The highest BCUT2D eigenvalue weighted by atomic mass is 16.5. The van der Waals surface area contributed by atoms with Crippen LogP contribution in [0.25, 0.3) is 0 Å². The minimum Gasteiger partial charge on any atom is -0.466 e. The first kappa shape index (κ1) is 9.00. The van der Waals surface area contributed by atoms with Crippen LogP contribution >= 0.6 is 0 Å². The summed E-state index contributed by atoms with van der Waals surface area (Å²) >= 11 is 0. The van der Waals surface area contributed by atoms with Gasteiger partial charge in [-0.05, 0) is 38.0 Å². The van der Waals surface area contributed by atoms with Crippen molar-refractivity contribution in [3.05, 3.63) is 0 Å². The Hall–Kier alpha value is -0.570. The number of hydrogen-bond donors (Lipinski definition) is 1. The second-order valence-corrected chi connectivity index (χ2v) is 4.19. The molecule has 0 aromatic rings. The maximum atomic E-state index is 11.5. The van der Waals surface area contributed by atoms with Crippen LogP contribution in [0.5, 0.6) is 0 Å². The van der Waals surface area contributed by atoms with Gasteiger partial charge in [-0.25, -0.2) is 0 Å². The molecule has 4 atom stereocenters. The van der Waals surface area contributed by atoms with Gasteiger partial charge in [0, 0.05) is 6.04 Å². The molecule has 2 rings (SSSR count). The molecule has 0 aliphatic heterocycles. The van der Waals surface area contributed by atoms with E-state index < -0.39 is 0 Å². The van der Waals surface area contributed by atoms with Gasteiger partial charge in [0.1, 0.15) is 0 Å². The van der Waals surface area contributed by atoms with Crippen molar-refractivity contribution in [2.45, 2.75) is 32.2 Å². The molecule has 0 aromatic carbocycles. The Labute approximate surface area is 78.6 Å². The molecule has 0 saturated heterocycles. The normalized spacial score (nSPS) is 42.3. The fraction of sp³-hybridized carbons (Fsp3) is 0.900. The van der Waals surface area contributed by atoms with Crippen molar-refractivity contribution in [3.63, 3.8) is 0 Å². The molecule has 2 aliphatic rings. The molecule has 74 valence electrons. The van der Waals surface area contributed by atoms with E-state index in [1.807, 2.05) is 6.92 Å². The topological polar surface area (TPSA) is 52.3 Å². The van der Waals surface area contributed by atoms with Gasteiger partial charge >= 0.3 is 5.97 Å². The number of esters is 1. The predicted molar refractivity (Wildman–Crippen MR) is 48.9 cm³/mol. The minimum atomic E-state index is -0.0674. The highest BCUT2D eigenvalue weighted by Crippen LogP contribution is 2.47. The lowest BCUT2D eigenvalue weighted by Crippen LogP contribution is -2.41. The number of carbonyl (C=O) groups is 1. The first-order valence-electron chi connectivity index (χ1n) is 5.16. The molecule has 0 heterocycles. The lowest BCUT2D eigenvalue weighted by atomic mass is 9.85. The number of rotatable bonds is 2. The van der Waals surface area contributed by atoms with Crippen LogP contribution in [0, 0.1) is 17.8 Å². The van der Waals surface area contributed by atoms with Crippen LogP contribution < -0.4 is 5.73 Å². The lowest BCUT2D eigenvalue weighted by Gasteiger charge is -2.25. The van der Waals surface area contributed by atoms with E-state index in [0.717, 1.165) is 6.42 Å². The Morgan fingerprint density at radius 3 is 2.69 bits per heavy atom. The maximum Gasteiger partial charge on any atom is 0.310 e. The van der Waals surface area contributed by atoms with Gasteiger partial charge in [-0.1, -0.05) is 0 Å². The zero-order valence-corrected chi connectivity index (χ0v) is 8.03. The van der Waals surface area contributed by atoms with Crippen LogP contribution in [-0.2, 0) is 9.53 Å². The van der Waals surface area contributed by atoms with Gasteiger partial charge in [0.05, 0.1) is 12.5 Å². The Bertz CT molecular complexity index is 215. The number of ether oxygens (including phenoxy) is 1. The van der Waals surface area contributed by atoms with E-state index in [0.29, 0.717) is 18.4 Å². The lowest BCUT2D eigenvalue weighted by molar-refractivity contribution is -0.150. The molecule has 2 fully saturated rings. The molecule has 2 saturated carbocycles. The highest BCUT2D eigenvalue weighted by Gasteiger charge is 2.49. The third kappa shape index (κ3) is 1.35. The molecule has 2 N–H and O–H groups in total. The summed E-state index contributed by atoms with van der Waals surface area (Å²) in [6.07, 6.45) is 3.52. The van der Waals surface area contributed by atoms with Gasteiger partial charge in [0.15, 0.2) is 0 Å². The standard InChI is InChI=1S/C10H17NO2/c1-2-13-10(12)8-6-3-4-7(5-6)9(8)11/h6-9H,2-5,11H2,1H3/t6?,7?,8-,9+/m0/s1. The first-order chi connectivity index (χ1) is 6.24. The van der Waals surface area contributed by atoms with E-state index in [-0.39, 0.29) is 17.9 Å². The molecule has 0 radical (unpaired) electrons. The van der Waals surface area contributed by atoms with E-state index in [1.165, 1.54) is 12.8 Å². The molecule has 2 bridgehead atoms. The van der Waals surface area contributed by atoms with E-state index in [9.17, 15) is 4.79 Å². The van der Waals surface area contributed by atoms with E-state index in [1.54, 1.807) is 0 Å². The van der Waals surface area contributed by atoms with Crippen molar-refractivity contribution < 1.29 is 9.53 Å². The molecule has 0 spiro atoms. The van der Waals surface area contributed by atoms with Crippen LogP contribution in [0.15, 0.2) is 0 Å². The molecule has 3 heteroatoms. The van der Waals surface area contributed by atoms with Gasteiger partial charge in [0.25, 0.3) is 0 Å². The maximum absolute atomic E-state index is 11.5. The van der Waals surface area contributed by atoms with Gasteiger partial charge in [-0.3, -0.25) is 4.79 Å². The quantitative estimate of drug-likeness (QED) is 0.648. The summed E-state index contributed by atoms with van der Waals surface area (Å²) in [5.41, 5.74) is 5.99.